The van der Waals surface area contributed by atoms with Gasteiger partial charge in [-0.25, -0.2) is 0 Å². The van der Waals surface area contributed by atoms with Crippen molar-refractivity contribution in [2.45, 2.75) is 78.3 Å². The highest BCUT2D eigenvalue weighted by atomic mass is 19.4. The minimum atomic E-state index is -4.34. The number of ketones is 1. The molecule has 0 saturated heterocycles. The predicted octanol–water partition coefficient (Wildman–Crippen LogP) is 5.97. The van der Waals surface area contributed by atoms with Crippen molar-refractivity contribution in [1.82, 2.24) is 0 Å². The maximum atomic E-state index is 12.5. The first-order valence-corrected chi connectivity index (χ1v) is 8.67. The van der Waals surface area contributed by atoms with Crippen LogP contribution in [0.15, 0.2) is 11.8 Å². The number of allylic oxidation sites excluding steroid dienone is 2. The highest BCUT2D eigenvalue weighted by Crippen LogP contribution is 2.44. The van der Waals surface area contributed by atoms with Crippen molar-refractivity contribution in [3.05, 3.63) is 11.8 Å². The molecular weight excluding hydrogens is 305 g/mol. The van der Waals surface area contributed by atoms with Crippen molar-refractivity contribution in [3.8, 4) is 0 Å². The molecule has 1 saturated carbocycles. The fraction of sp³-hybridized carbons (Fsp3) is 0.833. The molecule has 1 aliphatic carbocycles. The molecule has 0 aromatic rings. The molecule has 1 N–H and O–H groups in total. The van der Waals surface area contributed by atoms with Gasteiger partial charge in [-0.1, -0.05) is 33.6 Å². The van der Waals surface area contributed by atoms with Gasteiger partial charge in [0.25, 0.3) is 0 Å². The Morgan fingerprint density at radius 1 is 1.22 bits per heavy atom. The van der Waals surface area contributed by atoms with E-state index in [1.165, 1.54) is 0 Å². The van der Waals surface area contributed by atoms with E-state index in [1.54, 1.807) is 6.92 Å². The number of hydrogen-bond acceptors (Lipinski definition) is 2. The van der Waals surface area contributed by atoms with Crippen LogP contribution in [-0.4, -0.2) is 17.1 Å². The highest BCUT2D eigenvalue weighted by molar-refractivity contribution is 5.92. The smallest absolute Gasteiger partial charge is 0.389 e. The van der Waals surface area contributed by atoms with E-state index < -0.39 is 24.3 Å². The van der Waals surface area contributed by atoms with E-state index >= 15 is 0 Å². The summed E-state index contributed by atoms with van der Waals surface area (Å²) in [6.45, 7) is 5.92. The fourth-order valence-electron chi connectivity index (χ4n) is 3.59. The topological polar surface area (TPSA) is 37.3 Å². The van der Waals surface area contributed by atoms with Crippen molar-refractivity contribution in [2.24, 2.45) is 17.3 Å². The summed E-state index contributed by atoms with van der Waals surface area (Å²) in [6.07, 6.45) is 1.46. The molecule has 2 nitrogen and oxygen atoms in total. The lowest BCUT2D eigenvalue weighted by Crippen LogP contribution is -2.29. The Morgan fingerprint density at radius 2 is 1.74 bits per heavy atom. The molecule has 0 aromatic heterocycles. The van der Waals surface area contributed by atoms with E-state index in [4.69, 9.17) is 0 Å². The first-order chi connectivity index (χ1) is 10.7. The molecule has 23 heavy (non-hydrogen) atoms. The lowest BCUT2D eigenvalue weighted by Gasteiger charge is -2.38. The van der Waals surface area contributed by atoms with Gasteiger partial charge in [-0.3, -0.25) is 4.79 Å². The summed E-state index contributed by atoms with van der Waals surface area (Å²) in [6, 6.07) is 0. The molecule has 134 valence electrons. The second-order valence-corrected chi connectivity index (χ2v) is 6.88. The van der Waals surface area contributed by atoms with Gasteiger partial charge in [0.15, 0.2) is 5.78 Å². The summed E-state index contributed by atoms with van der Waals surface area (Å²) in [5, 5.41) is 9.91. The number of aliphatic hydroxyl groups is 1. The van der Waals surface area contributed by atoms with Crippen molar-refractivity contribution in [1.29, 1.82) is 0 Å². The molecule has 0 heterocycles. The molecule has 5 heteroatoms. The normalized spacial score (nSPS) is 21.2. The summed E-state index contributed by atoms with van der Waals surface area (Å²) < 4.78 is 37.5. The molecule has 0 aromatic carbocycles. The molecule has 1 atom stereocenters. The van der Waals surface area contributed by atoms with E-state index in [9.17, 15) is 23.1 Å². The van der Waals surface area contributed by atoms with Gasteiger partial charge in [-0.05, 0) is 37.5 Å². The van der Waals surface area contributed by atoms with Crippen LogP contribution in [0.1, 0.15) is 72.1 Å². The van der Waals surface area contributed by atoms with Crippen molar-refractivity contribution < 1.29 is 23.1 Å². The Labute approximate surface area is 137 Å². The monoisotopic (exact) mass is 334 g/mol. The van der Waals surface area contributed by atoms with Crippen LogP contribution in [0.4, 0.5) is 13.2 Å². The van der Waals surface area contributed by atoms with Crippen molar-refractivity contribution in [2.75, 3.05) is 0 Å². The molecule has 0 amide bonds. The van der Waals surface area contributed by atoms with E-state index in [0.717, 1.165) is 44.6 Å². The van der Waals surface area contributed by atoms with E-state index in [-0.39, 0.29) is 18.1 Å². The Bertz CT molecular complexity index is 412. The van der Waals surface area contributed by atoms with Crippen molar-refractivity contribution >= 4 is 5.78 Å². The van der Waals surface area contributed by atoms with E-state index in [2.05, 4.69) is 13.8 Å². The second-order valence-electron chi connectivity index (χ2n) is 6.88. The third kappa shape index (κ3) is 5.85. The Hall–Kier alpha value is -1.00. The standard InChI is InChI=1S/C18H29F3O2/c1-4-13(12-18(19,20)21)15(22)11-16(23)14-7-9-17(5-2,6-3)10-8-14/h11,13-14,22H,4-10,12H2,1-3H3/b15-11-. The van der Waals surface area contributed by atoms with E-state index in [0.29, 0.717) is 5.41 Å². The van der Waals surface area contributed by atoms with Gasteiger partial charge in [-0.15, -0.1) is 0 Å². The molecule has 1 aliphatic rings. The van der Waals surface area contributed by atoms with Crippen LogP contribution >= 0.6 is 0 Å². The number of alkyl halides is 3. The number of carbonyl (C=O) groups excluding carboxylic acids is 1. The summed E-state index contributed by atoms with van der Waals surface area (Å²) in [4.78, 5) is 12.3. The zero-order valence-corrected chi connectivity index (χ0v) is 14.4. The first-order valence-electron chi connectivity index (χ1n) is 8.67. The molecular formula is C18H29F3O2. The lowest BCUT2D eigenvalue weighted by molar-refractivity contribution is -0.144. The Morgan fingerprint density at radius 3 is 2.13 bits per heavy atom. The molecule has 0 spiro atoms. The number of aliphatic hydroxyl groups excluding tert-OH is 1. The minimum absolute atomic E-state index is 0.160. The third-order valence-corrected chi connectivity index (χ3v) is 5.63. The Balaban J connectivity index is 2.67. The number of hydrogen-bond donors (Lipinski definition) is 1. The summed E-state index contributed by atoms with van der Waals surface area (Å²) >= 11 is 0. The summed E-state index contributed by atoms with van der Waals surface area (Å²) in [5.41, 5.74) is 0.310. The van der Waals surface area contributed by atoms with Crippen molar-refractivity contribution in [3.63, 3.8) is 0 Å². The minimum Gasteiger partial charge on any atom is -0.512 e. The molecule has 0 radical (unpaired) electrons. The summed E-state index contributed by atoms with van der Waals surface area (Å²) in [5.74, 6) is -1.82. The molecule has 0 aliphatic heterocycles. The zero-order valence-electron chi connectivity index (χ0n) is 14.4. The Kier molecular flexibility index (Phi) is 7.15. The highest BCUT2D eigenvalue weighted by Gasteiger charge is 2.36. The molecule has 0 bridgehead atoms. The largest absolute Gasteiger partial charge is 0.512 e. The maximum absolute atomic E-state index is 12.5. The van der Waals surface area contributed by atoms with Gasteiger partial charge in [0, 0.05) is 17.9 Å². The maximum Gasteiger partial charge on any atom is 0.389 e. The fourth-order valence-corrected chi connectivity index (χ4v) is 3.59. The number of halogens is 3. The zero-order chi connectivity index (χ0) is 17.7. The van der Waals surface area contributed by atoms with Crippen LogP contribution < -0.4 is 0 Å². The van der Waals surface area contributed by atoms with Gasteiger partial charge in [0.2, 0.25) is 0 Å². The van der Waals surface area contributed by atoms with Crippen LogP contribution in [0.5, 0.6) is 0 Å². The van der Waals surface area contributed by atoms with E-state index in [1.807, 2.05) is 0 Å². The second kappa shape index (κ2) is 8.20. The first kappa shape index (κ1) is 20.0. The van der Waals surface area contributed by atoms with Crippen LogP contribution in [0, 0.1) is 17.3 Å². The molecule has 1 rings (SSSR count). The van der Waals surface area contributed by atoms with Gasteiger partial charge in [-0.2, -0.15) is 13.2 Å². The molecule has 1 fully saturated rings. The van der Waals surface area contributed by atoms with Crippen LogP contribution in [-0.2, 0) is 4.79 Å². The van der Waals surface area contributed by atoms with Gasteiger partial charge in [0.1, 0.15) is 0 Å². The molecule has 1 unspecified atom stereocenters. The average molecular weight is 334 g/mol. The quantitative estimate of drug-likeness (QED) is 0.460. The lowest BCUT2D eigenvalue weighted by atomic mass is 9.66. The van der Waals surface area contributed by atoms with Crippen LogP contribution in [0.25, 0.3) is 0 Å². The predicted molar refractivity (Wildman–Crippen MR) is 85.1 cm³/mol. The third-order valence-electron chi connectivity index (χ3n) is 5.63. The van der Waals surface area contributed by atoms with Gasteiger partial charge in [0.05, 0.1) is 12.2 Å². The van der Waals surface area contributed by atoms with Gasteiger partial charge >= 0.3 is 6.18 Å². The number of rotatable bonds is 7. The number of carbonyl (C=O) groups is 1. The average Bonchev–Trinajstić information content (AvgIpc) is 2.51. The van der Waals surface area contributed by atoms with Crippen LogP contribution in [0.3, 0.4) is 0 Å². The summed E-state index contributed by atoms with van der Waals surface area (Å²) in [7, 11) is 0. The van der Waals surface area contributed by atoms with Gasteiger partial charge < -0.3 is 5.11 Å². The SMILES string of the molecule is CCC(CC(F)(F)F)/C(O)=C/C(=O)C1CCC(CC)(CC)CC1. The van der Waals surface area contributed by atoms with Crippen LogP contribution in [0.2, 0.25) is 0 Å².